The molecule has 1 spiro atoms. The number of carbonyl (C=O) groups excluding carboxylic acids is 1. The number of sulfone groups is 1. The first-order valence-corrected chi connectivity index (χ1v) is 13.6. The van der Waals surface area contributed by atoms with Gasteiger partial charge in [0.1, 0.15) is 21.5 Å². The number of nitrogens with zero attached hydrogens (tertiary/aromatic N) is 4. The maximum absolute atomic E-state index is 14.0. The van der Waals surface area contributed by atoms with Crippen LogP contribution in [0.25, 0.3) is 0 Å². The Morgan fingerprint density at radius 1 is 1.14 bits per heavy atom. The zero-order chi connectivity index (χ0) is 26.5. The summed E-state index contributed by atoms with van der Waals surface area (Å²) in [5.74, 6) is -0.856. The van der Waals surface area contributed by atoms with Gasteiger partial charge in [-0.2, -0.15) is 18.3 Å². The Kier molecular flexibility index (Phi) is 6.61. The average molecular weight is 532 g/mol. The predicted octanol–water partition coefficient (Wildman–Crippen LogP) is 3.39. The molecule has 1 aliphatic carbocycles. The molecule has 0 bridgehead atoms. The number of amides is 2. The molecule has 1 aliphatic heterocycles. The van der Waals surface area contributed by atoms with Gasteiger partial charge in [0.05, 0.1) is 24.4 Å². The van der Waals surface area contributed by atoms with Crippen molar-refractivity contribution in [3.63, 3.8) is 0 Å². The number of benzene rings is 1. The fourth-order valence-electron chi connectivity index (χ4n) is 5.27. The van der Waals surface area contributed by atoms with Crippen molar-refractivity contribution in [2.75, 3.05) is 37.5 Å². The summed E-state index contributed by atoms with van der Waals surface area (Å²) in [5.41, 5.74) is -1.50. The maximum Gasteiger partial charge on any atom is 0.435 e. The highest BCUT2D eigenvalue weighted by atomic mass is 32.2. The van der Waals surface area contributed by atoms with Crippen molar-refractivity contribution in [1.29, 1.82) is 0 Å². The Hall–Kier alpha value is -2.67. The Bertz CT molecular complexity index is 1250. The van der Waals surface area contributed by atoms with Crippen LogP contribution in [0.15, 0.2) is 30.3 Å². The third kappa shape index (κ3) is 5.08. The third-order valence-electron chi connectivity index (χ3n) is 7.33. The van der Waals surface area contributed by atoms with Gasteiger partial charge in [-0.25, -0.2) is 22.3 Å². The van der Waals surface area contributed by atoms with E-state index in [2.05, 4.69) is 10.4 Å². The lowest BCUT2D eigenvalue weighted by Gasteiger charge is -2.48. The van der Waals surface area contributed by atoms with Crippen molar-refractivity contribution in [1.82, 2.24) is 20.0 Å². The van der Waals surface area contributed by atoms with Crippen LogP contribution in [0, 0.1) is 5.82 Å². The van der Waals surface area contributed by atoms with Gasteiger partial charge in [0.2, 0.25) is 0 Å². The predicted molar refractivity (Wildman–Crippen MR) is 126 cm³/mol. The molecular formula is C23H29F4N5O3S. The van der Waals surface area contributed by atoms with E-state index in [1.54, 1.807) is 6.07 Å². The van der Waals surface area contributed by atoms with Crippen molar-refractivity contribution in [2.24, 2.45) is 0 Å². The second kappa shape index (κ2) is 9.02. The quantitative estimate of drug-likeness (QED) is 0.578. The second-order valence-corrected chi connectivity index (χ2v) is 12.2. The number of aryl methyl sites for hydroxylation is 1. The molecule has 198 valence electrons. The third-order valence-corrected chi connectivity index (χ3v) is 8.25. The van der Waals surface area contributed by atoms with E-state index in [1.165, 1.54) is 17.0 Å². The fraction of sp³-hybridized carbons (Fsp3) is 0.565. The molecule has 1 aromatic carbocycles. The van der Waals surface area contributed by atoms with Gasteiger partial charge in [-0.3, -0.25) is 9.80 Å². The normalized spacial score (nSPS) is 25.1. The number of rotatable bonds is 6. The highest BCUT2D eigenvalue weighted by Gasteiger charge is 2.51. The molecule has 2 aliphatic rings. The van der Waals surface area contributed by atoms with Gasteiger partial charge in [-0.05, 0) is 57.5 Å². The van der Waals surface area contributed by atoms with E-state index in [0.29, 0.717) is 25.7 Å². The largest absolute Gasteiger partial charge is 0.435 e. The molecule has 2 amide bonds. The zero-order valence-corrected chi connectivity index (χ0v) is 21.1. The number of hydrogen-bond donors (Lipinski definition) is 1. The molecule has 8 nitrogen and oxygen atoms in total. The molecule has 1 saturated heterocycles. The molecule has 0 atom stereocenters. The molecule has 2 aromatic rings. The van der Waals surface area contributed by atoms with Crippen LogP contribution in [0.4, 0.5) is 28.2 Å². The topological polar surface area (TPSA) is 87.5 Å². The Balaban J connectivity index is 1.60. The highest BCUT2D eigenvalue weighted by Crippen LogP contribution is 2.46. The average Bonchev–Trinajstić information content (AvgIpc) is 3.33. The van der Waals surface area contributed by atoms with Crippen LogP contribution in [0.5, 0.6) is 0 Å². The van der Waals surface area contributed by atoms with Gasteiger partial charge in [-0.15, -0.1) is 0 Å². The van der Waals surface area contributed by atoms with Gasteiger partial charge in [0.15, 0.2) is 5.69 Å². The maximum atomic E-state index is 14.0. The van der Waals surface area contributed by atoms with Crippen molar-refractivity contribution >= 4 is 21.7 Å². The number of halogens is 4. The van der Waals surface area contributed by atoms with E-state index in [4.69, 9.17) is 0 Å². The molecular weight excluding hydrogens is 502 g/mol. The second-order valence-electron chi connectivity index (χ2n) is 9.97. The summed E-state index contributed by atoms with van der Waals surface area (Å²) in [4.78, 5) is 16.2. The summed E-state index contributed by atoms with van der Waals surface area (Å²) in [5, 5.41) is 6.51. The Labute approximate surface area is 207 Å². The lowest BCUT2D eigenvalue weighted by Crippen LogP contribution is -2.54. The van der Waals surface area contributed by atoms with E-state index in [1.807, 2.05) is 25.1 Å². The number of carbonyl (C=O) groups is 1. The molecule has 36 heavy (non-hydrogen) atoms. The first-order valence-electron chi connectivity index (χ1n) is 11.5. The summed E-state index contributed by atoms with van der Waals surface area (Å²) >= 11 is 0. The van der Waals surface area contributed by atoms with Crippen LogP contribution in [-0.4, -0.2) is 67.3 Å². The lowest BCUT2D eigenvalue weighted by atomic mass is 9.69. The number of anilines is 1. The minimum absolute atomic E-state index is 0.102. The van der Waals surface area contributed by atoms with Gasteiger partial charge < -0.3 is 5.32 Å². The van der Waals surface area contributed by atoms with Gasteiger partial charge in [0, 0.05) is 17.9 Å². The summed E-state index contributed by atoms with van der Waals surface area (Å²) in [6, 6.07) is 6.65. The Morgan fingerprint density at radius 2 is 1.81 bits per heavy atom. The van der Waals surface area contributed by atoms with Crippen LogP contribution in [0.2, 0.25) is 0 Å². The molecule has 1 N–H and O–H groups in total. The van der Waals surface area contributed by atoms with E-state index in [0.717, 1.165) is 22.6 Å². The summed E-state index contributed by atoms with van der Waals surface area (Å²) < 4.78 is 78.3. The lowest BCUT2D eigenvalue weighted by molar-refractivity contribution is -0.141. The van der Waals surface area contributed by atoms with Crippen molar-refractivity contribution in [2.45, 2.75) is 49.5 Å². The van der Waals surface area contributed by atoms with Gasteiger partial charge in [0.25, 0.3) is 0 Å². The number of hydrogen-bond acceptors (Lipinski definition) is 5. The number of nitrogens with one attached hydrogen (secondary N) is 1. The standard InChI is InChI=1S/C23H29F4N5O3S/c1-30(2)22(16-5-4-6-17(24)13-16)9-7-21(8-10-22)15-31(20(33)28-21)19-14-18(23(25,26)27)29-32(19)11-12-36(3,34)35/h4-6,13-14H,7-12,15H2,1-3H3,(H,28,33). The highest BCUT2D eigenvalue weighted by molar-refractivity contribution is 7.90. The molecule has 0 radical (unpaired) electrons. The Morgan fingerprint density at radius 3 is 2.36 bits per heavy atom. The molecule has 1 saturated carbocycles. The van der Waals surface area contributed by atoms with E-state index >= 15 is 0 Å². The van der Waals surface area contributed by atoms with Crippen LogP contribution < -0.4 is 10.2 Å². The molecule has 2 heterocycles. The molecule has 13 heteroatoms. The summed E-state index contributed by atoms with van der Waals surface area (Å²) in [7, 11) is 0.364. The molecule has 1 aromatic heterocycles. The number of alkyl halides is 3. The van der Waals surface area contributed by atoms with Crippen molar-refractivity contribution < 1.29 is 30.8 Å². The van der Waals surface area contributed by atoms with E-state index in [-0.39, 0.29) is 24.7 Å². The zero-order valence-electron chi connectivity index (χ0n) is 20.3. The number of aromatic nitrogens is 2. The molecule has 0 unspecified atom stereocenters. The van der Waals surface area contributed by atoms with Crippen LogP contribution >= 0.6 is 0 Å². The van der Waals surface area contributed by atoms with Gasteiger partial charge in [-0.1, -0.05) is 12.1 Å². The minimum Gasteiger partial charge on any atom is -0.330 e. The summed E-state index contributed by atoms with van der Waals surface area (Å²) in [6.07, 6.45) is -1.53. The number of urea groups is 1. The molecule has 4 rings (SSSR count). The first kappa shape index (κ1) is 26.4. The van der Waals surface area contributed by atoms with E-state index in [9.17, 15) is 30.8 Å². The minimum atomic E-state index is -4.75. The van der Waals surface area contributed by atoms with Crippen LogP contribution in [-0.2, 0) is 28.1 Å². The van der Waals surface area contributed by atoms with Crippen LogP contribution in [0.1, 0.15) is 36.9 Å². The van der Waals surface area contributed by atoms with Crippen LogP contribution in [0.3, 0.4) is 0 Å². The van der Waals surface area contributed by atoms with Gasteiger partial charge >= 0.3 is 12.2 Å². The van der Waals surface area contributed by atoms with Crippen molar-refractivity contribution in [3.05, 3.63) is 47.4 Å². The molecule has 2 fully saturated rings. The first-order chi connectivity index (χ1) is 16.6. The fourth-order valence-corrected chi connectivity index (χ4v) is 5.77. The smallest absolute Gasteiger partial charge is 0.330 e. The summed E-state index contributed by atoms with van der Waals surface area (Å²) in [6.45, 7) is -0.204. The monoisotopic (exact) mass is 531 g/mol. The van der Waals surface area contributed by atoms with Crippen molar-refractivity contribution in [3.8, 4) is 0 Å². The van der Waals surface area contributed by atoms with E-state index < -0.39 is 44.6 Å². The SMILES string of the molecule is CN(C)C1(c2cccc(F)c2)CCC2(CC1)CN(c1cc(C(F)(F)F)nn1CCS(C)(=O)=O)C(=O)N2.